The summed E-state index contributed by atoms with van der Waals surface area (Å²) in [6.45, 7) is 1.18. The van der Waals surface area contributed by atoms with E-state index in [9.17, 15) is 14.4 Å². The van der Waals surface area contributed by atoms with Crippen LogP contribution in [0.1, 0.15) is 26.4 Å². The fourth-order valence-electron chi connectivity index (χ4n) is 2.69. The number of benzene rings is 1. The highest BCUT2D eigenvalue weighted by Crippen LogP contribution is 2.25. The molecule has 2 amide bonds. The normalized spacial score (nSPS) is 10.4. The van der Waals surface area contributed by atoms with E-state index in [0.717, 1.165) is 0 Å². The van der Waals surface area contributed by atoms with Crippen molar-refractivity contribution in [2.24, 2.45) is 0 Å². The molecule has 0 saturated heterocycles. The van der Waals surface area contributed by atoms with E-state index in [-0.39, 0.29) is 11.5 Å². The highest BCUT2D eigenvalue weighted by molar-refractivity contribution is 7.98. The fourth-order valence-corrected chi connectivity index (χ4v) is 3.31. The van der Waals surface area contributed by atoms with Gasteiger partial charge in [-0.3, -0.25) is 9.59 Å². The minimum atomic E-state index is -0.696. The Kier molecular flexibility index (Phi) is 7.03. The number of furan rings is 1. The van der Waals surface area contributed by atoms with Gasteiger partial charge in [0.2, 0.25) is 0 Å². The molecule has 1 aromatic carbocycles. The Bertz CT molecular complexity index is 1100. The lowest BCUT2D eigenvalue weighted by Crippen LogP contribution is -2.22. The van der Waals surface area contributed by atoms with Crippen molar-refractivity contribution in [1.29, 1.82) is 0 Å². The Hall–Kier alpha value is -3.66. The average Bonchev–Trinajstić information content (AvgIpc) is 3.32. The van der Waals surface area contributed by atoms with Crippen molar-refractivity contribution in [1.82, 2.24) is 15.3 Å². The molecule has 0 fully saturated rings. The number of thioether (sulfide) groups is 1. The number of anilines is 1. The zero-order chi connectivity index (χ0) is 22.4. The highest BCUT2D eigenvalue weighted by Gasteiger charge is 2.22. The molecule has 0 radical (unpaired) electrons. The molecule has 0 aliphatic rings. The van der Waals surface area contributed by atoms with Gasteiger partial charge in [0.25, 0.3) is 11.8 Å². The van der Waals surface area contributed by atoms with Crippen LogP contribution < -0.4 is 10.6 Å². The Morgan fingerprint density at radius 2 is 1.87 bits per heavy atom. The standard InChI is InChI=1S/C21H20N4O5S/c1-12-17(20(31-3)25-18(23-12)15-5-4-10-29-15)21(28)30-11-16(26)24-14-8-6-13(7-9-14)19(27)22-2/h4-10H,11H2,1-3H3,(H,22,27)(H,24,26). The highest BCUT2D eigenvalue weighted by atomic mass is 32.2. The first-order valence-corrected chi connectivity index (χ1v) is 10.4. The predicted octanol–water partition coefficient (Wildman–Crippen LogP) is 2.92. The van der Waals surface area contributed by atoms with Crippen LogP contribution >= 0.6 is 11.8 Å². The van der Waals surface area contributed by atoms with E-state index in [4.69, 9.17) is 9.15 Å². The Labute approximate surface area is 182 Å². The van der Waals surface area contributed by atoms with Crippen molar-refractivity contribution in [3.63, 3.8) is 0 Å². The van der Waals surface area contributed by atoms with Gasteiger partial charge in [0.05, 0.1) is 12.0 Å². The minimum Gasteiger partial charge on any atom is -0.461 e. The third-order valence-corrected chi connectivity index (χ3v) is 4.87. The number of aryl methyl sites for hydroxylation is 1. The maximum Gasteiger partial charge on any atom is 0.343 e. The Balaban J connectivity index is 1.65. The third-order valence-electron chi connectivity index (χ3n) is 4.19. The van der Waals surface area contributed by atoms with Crippen LogP contribution in [0, 0.1) is 6.92 Å². The van der Waals surface area contributed by atoms with E-state index in [1.54, 1.807) is 49.6 Å². The zero-order valence-electron chi connectivity index (χ0n) is 17.1. The molecular weight excluding hydrogens is 420 g/mol. The molecule has 0 unspecified atom stereocenters. The summed E-state index contributed by atoms with van der Waals surface area (Å²) in [5, 5.41) is 5.55. The van der Waals surface area contributed by atoms with Gasteiger partial charge in [0, 0.05) is 18.3 Å². The first-order chi connectivity index (χ1) is 14.9. The predicted molar refractivity (Wildman–Crippen MR) is 115 cm³/mol. The number of carbonyl (C=O) groups is 3. The number of nitrogens with one attached hydrogen (secondary N) is 2. The summed E-state index contributed by atoms with van der Waals surface area (Å²) in [6.07, 6.45) is 3.29. The molecule has 0 saturated carbocycles. The van der Waals surface area contributed by atoms with Gasteiger partial charge in [-0.05, 0) is 49.6 Å². The van der Waals surface area contributed by atoms with Crippen molar-refractivity contribution in [3.8, 4) is 11.6 Å². The molecule has 9 nitrogen and oxygen atoms in total. The van der Waals surface area contributed by atoms with Crippen LogP contribution in [-0.2, 0) is 9.53 Å². The third kappa shape index (κ3) is 5.28. The first kappa shape index (κ1) is 22.0. The zero-order valence-corrected chi connectivity index (χ0v) is 17.9. The summed E-state index contributed by atoms with van der Waals surface area (Å²) in [7, 11) is 1.53. The van der Waals surface area contributed by atoms with Gasteiger partial charge in [-0.2, -0.15) is 0 Å². The monoisotopic (exact) mass is 440 g/mol. The summed E-state index contributed by atoms with van der Waals surface area (Å²) in [6, 6.07) is 9.77. The molecule has 3 aromatic rings. The van der Waals surface area contributed by atoms with Crippen molar-refractivity contribution >= 4 is 35.2 Å². The second-order valence-electron chi connectivity index (χ2n) is 6.27. The molecule has 3 rings (SSSR count). The van der Waals surface area contributed by atoms with Crippen LogP contribution in [0.4, 0.5) is 5.69 Å². The number of amides is 2. The van der Waals surface area contributed by atoms with E-state index in [0.29, 0.717) is 33.6 Å². The van der Waals surface area contributed by atoms with Gasteiger partial charge in [0.15, 0.2) is 18.2 Å². The lowest BCUT2D eigenvalue weighted by molar-refractivity contribution is -0.119. The molecule has 2 aromatic heterocycles. The average molecular weight is 440 g/mol. The number of hydrogen-bond donors (Lipinski definition) is 2. The summed E-state index contributed by atoms with van der Waals surface area (Å²) in [5.74, 6) is -0.594. The van der Waals surface area contributed by atoms with Crippen molar-refractivity contribution in [2.45, 2.75) is 11.9 Å². The SMILES string of the molecule is CNC(=O)c1ccc(NC(=O)COC(=O)c2c(C)nc(-c3ccco3)nc2SC)cc1. The lowest BCUT2D eigenvalue weighted by atomic mass is 10.2. The number of aromatic nitrogens is 2. The van der Waals surface area contributed by atoms with Crippen molar-refractivity contribution < 1.29 is 23.5 Å². The molecule has 2 heterocycles. The Morgan fingerprint density at radius 1 is 1.13 bits per heavy atom. The van der Waals surface area contributed by atoms with Gasteiger partial charge in [0.1, 0.15) is 10.6 Å². The molecule has 0 bridgehead atoms. The lowest BCUT2D eigenvalue weighted by Gasteiger charge is -2.11. The first-order valence-electron chi connectivity index (χ1n) is 9.18. The van der Waals surface area contributed by atoms with Crippen LogP contribution in [-0.4, -0.2) is 47.7 Å². The Morgan fingerprint density at radius 3 is 2.48 bits per heavy atom. The summed E-state index contributed by atoms with van der Waals surface area (Å²) >= 11 is 1.26. The molecule has 0 spiro atoms. The number of carbonyl (C=O) groups excluding carboxylic acids is 3. The summed E-state index contributed by atoms with van der Waals surface area (Å²) < 4.78 is 10.5. The minimum absolute atomic E-state index is 0.200. The van der Waals surface area contributed by atoms with Gasteiger partial charge < -0.3 is 19.8 Å². The largest absolute Gasteiger partial charge is 0.461 e. The summed E-state index contributed by atoms with van der Waals surface area (Å²) in [5.41, 5.74) is 1.55. The molecule has 0 aliphatic carbocycles. The molecule has 0 atom stereocenters. The number of hydrogen-bond acceptors (Lipinski definition) is 8. The summed E-state index contributed by atoms with van der Waals surface area (Å²) in [4.78, 5) is 45.0. The maximum atomic E-state index is 12.6. The van der Waals surface area contributed by atoms with Gasteiger partial charge in [-0.1, -0.05) is 0 Å². The molecule has 2 N–H and O–H groups in total. The molecule has 10 heteroatoms. The van der Waals surface area contributed by atoms with Crippen LogP contribution in [0.3, 0.4) is 0 Å². The van der Waals surface area contributed by atoms with Crippen molar-refractivity contribution in [3.05, 3.63) is 59.5 Å². The second-order valence-corrected chi connectivity index (χ2v) is 7.07. The van der Waals surface area contributed by atoms with Crippen molar-refractivity contribution in [2.75, 3.05) is 25.2 Å². The number of esters is 1. The van der Waals surface area contributed by atoms with Crippen LogP contribution in [0.25, 0.3) is 11.6 Å². The molecule has 0 aliphatic heterocycles. The molecule has 31 heavy (non-hydrogen) atoms. The van der Waals surface area contributed by atoms with E-state index in [1.165, 1.54) is 25.1 Å². The van der Waals surface area contributed by atoms with E-state index >= 15 is 0 Å². The number of nitrogens with zero attached hydrogens (tertiary/aromatic N) is 2. The van der Waals surface area contributed by atoms with Crippen LogP contribution in [0.2, 0.25) is 0 Å². The topological polar surface area (TPSA) is 123 Å². The molecular formula is C21H20N4O5S. The van der Waals surface area contributed by atoms with Crippen LogP contribution in [0.5, 0.6) is 0 Å². The quantitative estimate of drug-likeness (QED) is 0.327. The fraction of sp³-hybridized carbons (Fsp3) is 0.190. The van der Waals surface area contributed by atoms with Gasteiger partial charge >= 0.3 is 5.97 Å². The van der Waals surface area contributed by atoms with Crippen LogP contribution in [0.15, 0.2) is 52.1 Å². The van der Waals surface area contributed by atoms with Gasteiger partial charge in [-0.25, -0.2) is 14.8 Å². The maximum absolute atomic E-state index is 12.6. The second kappa shape index (κ2) is 9.90. The molecule has 160 valence electrons. The number of rotatable bonds is 7. The van der Waals surface area contributed by atoms with E-state index < -0.39 is 18.5 Å². The van der Waals surface area contributed by atoms with E-state index in [1.807, 2.05) is 0 Å². The van der Waals surface area contributed by atoms with Gasteiger partial charge in [-0.15, -0.1) is 11.8 Å². The number of ether oxygens (including phenoxy) is 1. The smallest absolute Gasteiger partial charge is 0.343 e. The van der Waals surface area contributed by atoms with E-state index in [2.05, 4.69) is 20.6 Å².